The zero-order valence-corrected chi connectivity index (χ0v) is 13.5. The summed E-state index contributed by atoms with van der Waals surface area (Å²) in [6.45, 7) is 3.46. The molecule has 3 aromatic carbocycles. The van der Waals surface area contributed by atoms with Gasteiger partial charge in [-0.25, -0.2) is 0 Å². The highest BCUT2D eigenvalue weighted by molar-refractivity contribution is 5.86. The number of benzene rings is 3. The minimum atomic E-state index is 0.651. The molecule has 1 heterocycles. The minimum Gasteiger partial charge on any atom is -0.298 e. The molecule has 1 fully saturated rings. The highest BCUT2D eigenvalue weighted by atomic mass is 15.1. The lowest BCUT2D eigenvalue weighted by molar-refractivity contribution is 0.201. The molecule has 23 heavy (non-hydrogen) atoms. The van der Waals surface area contributed by atoms with Crippen LogP contribution in [-0.2, 0) is 6.54 Å². The Morgan fingerprint density at radius 3 is 2.52 bits per heavy atom. The molecule has 116 valence electrons. The number of nitrogens with zero attached hydrogens (tertiary/aromatic N) is 1. The molecule has 0 N–H and O–H groups in total. The van der Waals surface area contributed by atoms with Crippen molar-refractivity contribution >= 4 is 10.8 Å². The van der Waals surface area contributed by atoms with Crippen LogP contribution in [0.2, 0.25) is 0 Å². The normalized spacial score (nSPS) is 19.0. The highest BCUT2D eigenvalue weighted by Crippen LogP contribution is 2.32. The van der Waals surface area contributed by atoms with E-state index >= 15 is 0 Å². The molecule has 0 radical (unpaired) electrons. The van der Waals surface area contributed by atoms with Crippen molar-refractivity contribution in [1.29, 1.82) is 0 Å². The van der Waals surface area contributed by atoms with E-state index in [4.69, 9.17) is 0 Å². The van der Waals surface area contributed by atoms with Gasteiger partial charge in [0.15, 0.2) is 0 Å². The monoisotopic (exact) mass is 301 g/mol. The number of hydrogen-bond donors (Lipinski definition) is 0. The van der Waals surface area contributed by atoms with Crippen molar-refractivity contribution in [3.8, 4) is 0 Å². The molecule has 0 aliphatic carbocycles. The molecular weight excluding hydrogens is 278 g/mol. The quantitative estimate of drug-likeness (QED) is 0.641. The SMILES string of the molecule is c1ccc(CN2CCCC(c3cccc4ccccc34)C2)cc1. The van der Waals surface area contributed by atoms with Crippen molar-refractivity contribution in [2.24, 2.45) is 0 Å². The predicted molar refractivity (Wildman–Crippen MR) is 97.6 cm³/mol. The smallest absolute Gasteiger partial charge is 0.0233 e. The van der Waals surface area contributed by atoms with Crippen LogP contribution in [0.15, 0.2) is 72.8 Å². The van der Waals surface area contributed by atoms with Crippen LogP contribution in [0.4, 0.5) is 0 Å². The van der Waals surface area contributed by atoms with Crippen LogP contribution < -0.4 is 0 Å². The van der Waals surface area contributed by atoms with Gasteiger partial charge in [-0.15, -0.1) is 0 Å². The van der Waals surface area contributed by atoms with Crippen LogP contribution >= 0.6 is 0 Å². The third kappa shape index (κ3) is 3.16. The standard InChI is InChI=1S/C22H23N/c1-2-8-18(9-3-1)16-23-15-7-12-20(17-23)22-14-6-11-19-10-4-5-13-21(19)22/h1-6,8-11,13-14,20H,7,12,15-17H2. The average molecular weight is 301 g/mol. The summed E-state index contributed by atoms with van der Waals surface area (Å²) >= 11 is 0. The summed E-state index contributed by atoms with van der Waals surface area (Å²) in [6, 6.07) is 26.4. The average Bonchev–Trinajstić information content (AvgIpc) is 2.62. The van der Waals surface area contributed by atoms with Gasteiger partial charge in [-0.3, -0.25) is 4.90 Å². The largest absolute Gasteiger partial charge is 0.298 e. The molecule has 1 saturated heterocycles. The molecule has 1 nitrogen and oxygen atoms in total. The van der Waals surface area contributed by atoms with E-state index in [1.807, 2.05) is 0 Å². The Kier molecular flexibility index (Phi) is 4.12. The first-order valence-corrected chi connectivity index (χ1v) is 8.64. The second-order valence-electron chi connectivity index (χ2n) is 6.63. The number of fused-ring (bicyclic) bond motifs is 1. The highest BCUT2D eigenvalue weighted by Gasteiger charge is 2.22. The van der Waals surface area contributed by atoms with Crippen LogP contribution in [-0.4, -0.2) is 18.0 Å². The summed E-state index contributed by atoms with van der Waals surface area (Å²) < 4.78 is 0. The third-order valence-corrected chi connectivity index (χ3v) is 5.02. The fourth-order valence-corrected chi connectivity index (χ4v) is 3.90. The molecule has 0 amide bonds. The van der Waals surface area contributed by atoms with Gasteiger partial charge in [-0.05, 0) is 47.2 Å². The molecule has 4 rings (SSSR count). The van der Waals surface area contributed by atoms with Crippen molar-refractivity contribution in [2.75, 3.05) is 13.1 Å². The first kappa shape index (κ1) is 14.5. The van der Waals surface area contributed by atoms with E-state index in [9.17, 15) is 0 Å². The molecule has 1 aliphatic heterocycles. The Bertz CT molecular complexity index is 773. The van der Waals surface area contributed by atoms with Crippen molar-refractivity contribution in [1.82, 2.24) is 4.90 Å². The zero-order chi connectivity index (χ0) is 15.5. The molecule has 0 aromatic heterocycles. The van der Waals surface area contributed by atoms with Gasteiger partial charge in [0, 0.05) is 13.1 Å². The Morgan fingerprint density at radius 1 is 0.826 bits per heavy atom. The first-order valence-electron chi connectivity index (χ1n) is 8.64. The molecular formula is C22H23N. The molecule has 3 aromatic rings. The van der Waals surface area contributed by atoms with Gasteiger partial charge < -0.3 is 0 Å². The molecule has 1 heteroatoms. The maximum Gasteiger partial charge on any atom is 0.0233 e. The van der Waals surface area contributed by atoms with Gasteiger partial charge in [0.05, 0.1) is 0 Å². The molecule has 1 atom stereocenters. The van der Waals surface area contributed by atoms with E-state index in [0.717, 1.165) is 6.54 Å². The maximum absolute atomic E-state index is 2.62. The topological polar surface area (TPSA) is 3.24 Å². The van der Waals surface area contributed by atoms with E-state index < -0.39 is 0 Å². The Labute approximate surface area is 138 Å². The van der Waals surface area contributed by atoms with E-state index in [1.54, 1.807) is 0 Å². The predicted octanol–water partition coefficient (Wildman–Crippen LogP) is 5.22. The summed E-state index contributed by atoms with van der Waals surface area (Å²) in [5.41, 5.74) is 2.95. The summed E-state index contributed by atoms with van der Waals surface area (Å²) in [4.78, 5) is 2.62. The summed E-state index contributed by atoms with van der Waals surface area (Å²) in [6.07, 6.45) is 2.60. The maximum atomic E-state index is 2.62. The van der Waals surface area contributed by atoms with Crippen molar-refractivity contribution in [3.63, 3.8) is 0 Å². The Balaban J connectivity index is 1.57. The fourth-order valence-electron chi connectivity index (χ4n) is 3.90. The Morgan fingerprint density at radius 2 is 1.61 bits per heavy atom. The lowest BCUT2D eigenvalue weighted by atomic mass is 9.87. The van der Waals surface area contributed by atoms with Crippen LogP contribution in [0, 0.1) is 0 Å². The van der Waals surface area contributed by atoms with E-state index in [0.29, 0.717) is 5.92 Å². The third-order valence-electron chi connectivity index (χ3n) is 5.02. The first-order chi connectivity index (χ1) is 11.4. The van der Waals surface area contributed by atoms with E-state index in [2.05, 4.69) is 77.7 Å². The van der Waals surface area contributed by atoms with E-state index in [-0.39, 0.29) is 0 Å². The number of piperidine rings is 1. The fraction of sp³-hybridized carbons (Fsp3) is 0.273. The minimum absolute atomic E-state index is 0.651. The second-order valence-corrected chi connectivity index (χ2v) is 6.63. The summed E-state index contributed by atoms with van der Waals surface area (Å²) in [7, 11) is 0. The lowest BCUT2D eigenvalue weighted by Crippen LogP contribution is -2.33. The molecule has 0 bridgehead atoms. The van der Waals surface area contributed by atoms with Crippen molar-refractivity contribution in [2.45, 2.75) is 25.3 Å². The summed E-state index contributed by atoms with van der Waals surface area (Å²) in [5.74, 6) is 0.651. The number of hydrogen-bond acceptors (Lipinski definition) is 1. The Hall–Kier alpha value is -2.12. The second kappa shape index (κ2) is 6.55. The number of likely N-dealkylation sites (tertiary alicyclic amines) is 1. The van der Waals surface area contributed by atoms with Crippen LogP contribution in [0.25, 0.3) is 10.8 Å². The van der Waals surface area contributed by atoms with E-state index in [1.165, 1.54) is 47.8 Å². The number of rotatable bonds is 3. The zero-order valence-electron chi connectivity index (χ0n) is 13.5. The van der Waals surface area contributed by atoms with Gasteiger partial charge in [-0.2, -0.15) is 0 Å². The molecule has 0 saturated carbocycles. The summed E-state index contributed by atoms with van der Waals surface area (Å²) in [5, 5.41) is 2.80. The lowest BCUT2D eigenvalue weighted by Gasteiger charge is -2.33. The van der Waals surface area contributed by atoms with Gasteiger partial charge in [0.2, 0.25) is 0 Å². The van der Waals surface area contributed by atoms with Crippen molar-refractivity contribution in [3.05, 3.63) is 83.9 Å². The van der Waals surface area contributed by atoms with Gasteiger partial charge in [-0.1, -0.05) is 72.8 Å². The van der Waals surface area contributed by atoms with Crippen LogP contribution in [0.3, 0.4) is 0 Å². The van der Waals surface area contributed by atoms with Gasteiger partial charge in [0.1, 0.15) is 0 Å². The molecule has 0 spiro atoms. The van der Waals surface area contributed by atoms with Gasteiger partial charge >= 0.3 is 0 Å². The molecule has 1 unspecified atom stereocenters. The van der Waals surface area contributed by atoms with Crippen molar-refractivity contribution < 1.29 is 0 Å². The van der Waals surface area contributed by atoms with Crippen LogP contribution in [0.1, 0.15) is 29.9 Å². The van der Waals surface area contributed by atoms with Gasteiger partial charge in [0.25, 0.3) is 0 Å². The molecule has 1 aliphatic rings. The van der Waals surface area contributed by atoms with Crippen LogP contribution in [0.5, 0.6) is 0 Å².